The molecule has 1 amide bonds. The van der Waals surface area contributed by atoms with Crippen LogP contribution in [0.25, 0.3) is 0 Å². The lowest BCUT2D eigenvalue weighted by molar-refractivity contribution is -0.116. The zero-order valence-corrected chi connectivity index (χ0v) is 11.9. The number of hydrogen-bond donors (Lipinski definition) is 1. The molecule has 0 radical (unpaired) electrons. The number of rotatable bonds is 5. The van der Waals surface area contributed by atoms with Crippen LogP contribution >= 0.6 is 33.9 Å². The Kier molecular flexibility index (Phi) is 4.49. The highest BCUT2D eigenvalue weighted by Gasteiger charge is 2.04. The summed E-state index contributed by atoms with van der Waals surface area (Å²) in [5.41, 5.74) is 0. The number of anilines is 1. The second-order valence-electron chi connectivity index (χ2n) is 3.41. The zero-order valence-electron chi connectivity index (χ0n) is 8.97. The number of nitrogens with zero attached hydrogens (tertiary/aromatic N) is 3. The van der Waals surface area contributed by atoms with Gasteiger partial charge in [-0.1, -0.05) is 0 Å². The summed E-state index contributed by atoms with van der Waals surface area (Å²) in [6.07, 6.45) is 6.69. The maximum Gasteiger partial charge on any atom is 0.226 e. The number of amides is 1. The SMILES string of the molecule is O=C(CCCn1cc(I)cn1)Nc1nccs1. The van der Waals surface area contributed by atoms with Gasteiger partial charge in [-0.2, -0.15) is 5.10 Å². The molecule has 0 bridgehead atoms. The van der Waals surface area contributed by atoms with Gasteiger partial charge in [0, 0.05) is 30.7 Å². The summed E-state index contributed by atoms with van der Waals surface area (Å²) in [4.78, 5) is 15.5. The Bertz CT molecular complexity index is 482. The van der Waals surface area contributed by atoms with E-state index in [1.165, 1.54) is 11.3 Å². The molecular weight excluding hydrogens is 351 g/mol. The molecule has 90 valence electrons. The van der Waals surface area contributed by atoms with Gasteiger partial charge in [0.05, 0.1) is 9.77 Å². The Morgan fingerprint density at radius 2 is 2.47 bits per heavy atom. The molecule has 0 atom stereocenters. The Balaban J connectivity index is 1.70. The third-order valence-electron chi connectivity index (χ3n) is 2.07. The van der Waals surface area contributed by atoms with E-state index in [-0.39, 0.29) is 5.91 Å². The van der Waals surface area contributed by atoms with Crippen LogP contribution in [0.5, 0.6) is 0 Å². The standard InChI is InChI=1S/C10H11IN4OS/c11-8-6-13-15(7-8)4-1-2-9(16)14-10-12-3-5-17-10/h3,5-7H,1-2,4H2,(H,12,14,16). The Morgan fingerprint density at radius 1 is 1.59 bits per heavy atom. The highest BCUT2D eigenvalue weighted by molar-refractivity contribution is 14.1. The van der Waals surface area contributed by atoms with Crippen LogP contribution in [0.4, 0.5) is 5.13 Å². The molecular formula is C10H11IN4OS. The minimum atomic E-state index is 0.00167. The molecule has 2 aromatic heterocycles. The van der Waals surface area contributed by atoms with Crippen molar-refractivity contribution in [2.45, 2.75) is 19.4 Å². The summed E-state index contributed by atoms with van der Waals surface area (Å²) in [5.74, 6) is 0.00167. The van der Waals surface area contributed by atoms with Gasteiger partial charge in [0.25, 0.3) is 0 Å². The largest absolute Gasteiger partial charge is 0.302 e. The van der Waals surface area contributed by atoms with Gasteiger partial charge in [-0.15, -0.1) is 11.3 Å². The molecule has 0 saturated carbocycles. The van der Waals surface area contributed by atoms with Crippen molar-refractivity contribution < 1.29 is 4.79 Å². The van der Waals surface area contributed by atoms with E-state index in [9.17, 15) is 4.79 Å². The van der Waals surface area contributed by atoms with Gasteiger partial charge in [0.2, 0.25) is 5.91 Å². The van der Waals surface area contributed by atoms with Crippen LogP contribution in [0.1, 0.15) is 12.8 Å². The Morgan fingerprint density at radius 3 is 3.12 bits per heavy atom. The lowest BCUT2D eigenvalue weighted by Gasteiger charge is -2.02. The van der Waals surface area contributed by atoms with E-state index in [4.69, 9.17) is 0 Å². The Hall–Kier alpha value is -0.960. The third-order valence-corrected chi connectivity index (χ3v) is 3.32. The van der Waals surface area contributed by atoms with Gasteiger partial charge in [-0.05, 0) is 29.0 Å². The van der Waals surface area contributed by atoms with Crippen molar-refractivity contribution in [1.29, 1.82) is 0 Å². The first-order chi connectivity index (χ1) is 8.24. The summed E-state index contributed by atoms with van der Waals surface area (Å²) in [7, 11) is 0. The highest BCUT2D eigenvalue weighted by Crippen LogP contribution is 2.11. The molecule has 0 aliphatic carbocycles. The highest BCUT2D eigenvalue weighted by atomic mass is 127. The molecule has 0 unspecified atom stereocenters. The summed E-state index contributed by atoms with van der Waals surface area (Å²) in [5, 5.41) is 9.40. The summed E-state index contributed by atoms with van der Waals surface area (Å²) >= 11 is 3.63. The fourth-order valence-corrected chi connectivity index (χ4v) is 2.32. The fraction of sp³-hybridized carbons (Fsp3) is 0.300. The van der Waals surface area contributed by atoms with Gasteiger partial charge in [-0.25, -0.2) is 4.98 Å². The van der Waals surface area contributed by atoms with Crippen LogP contribution < -0.4 is 5.32 Å². The number of thiazole rings is 1. The lowest BCUT2D eigenvalue weighted by Crippen LogP contribution is -2.12. The number of aromatic nitrogens is 3. The molecule has 0 aliphatic rings. The monoisotopic (exact) mass is 362 g/mol. The average Bonchev–Trinajstić information content (AvgIpc) is 2.90. The molecule has 0 spiro atoms. The smallest absolute Gasteiger partial charge is 0.226 e. The third kappa shape index (κ3) is 4.08. The number of hydrogen-bond acceptors (Lipinski definition) is 4. The minimum absolute atomic E-state index is 0.00167. The molecule has 0 aliphatic heterocycles. The number of aryl methyl sites for hydroxylation is 1. The number of halogens is 1. The molecule has 7 heteroatoms. The summed E-state index contributed by atoms with van der Waals surface area (Å²) in [6, 6.07) is 0. The summed E-state index contributed by atoms with van der Waals surface area (Å²) < 4.78 is 2.95. The average molecular weight is 362 g/mol. The van der Waals surface area contributed by atoms with Gasteiger partial charge in [-0.3, -0.25) is 9.48 Å². The molecule has 0 aromatic carbocycles. The first-order valence-corrected chi connectivity index (χ1v) is 7.07. The topological polar surface area (TPSA) is 59.8 Å². The molecule has 0 fully saturated rings. The molecule has 17 heavy (non-hydrogen) atoms. The van der Waals surface area contributed by atoms with Crippen LogP contribution in [-0.2, 0) is 11.3 Å². The normalized spacial score (nSPS) is 10.4. The minimum Gasteiger partial charge on any atom is -0.302 e. The molecule has 2 rings (SSSR count). The van der Waals surface area contributed by atoms with E-state index in [1.54, 1.807) is 12.4 Å². The van der Waals surface area contributed by atoms with Crippen LogP contribution in [-0.4, -0.2) is 20.7 Å². The fourth-order valence-electron chi connectivity index (χ4n) is 1.33. The van der Waals surface area contributed by atoms with E-state index in [0.29, 0.717) is 11.6 Å². The van der Waals surface area contributed by atoms with Crippen molar-refractivity contribution in [2.24, 2.45) is 0 Å². The maximum absolute atomic E-state index is 11.5. The predicted molar refractivity (Wildman–Crippen MR) is 74.9 cm³/mol. The molecule has 1 N–H and O–H groups in total. The first kappa shape index (κ1) is 12.5. The van der Waals surface area contributed by atoms with Gasteiger partial charge < -0.3 is 5.32 Å². The number of carbonyl (C=O) groups excluding carboxylic acids is 1. The van der Waals surface area contributed by atoms with Crippen LogP contribution in [0.2, 0.25) is 0 Å². The van der Waals surface area contributed by atoms with E-state index in [1.807, 2.05) is 16.3 Å². The van der Waals surface area contributed by atoms with Gasteiger partial charge in [0.15, 0.2) is 5.13 Å². The van der Waals surface area contributed by atoms with E-state index in [2.05, 4.69) is 38.0 Å². The van der Waals surface area contributed by atoms with Crippen LogP contribution in [0.15, 0.2) is 24.0 Å². The zero-order chi connectivity index (χ0) is 12.1. The molecule has 2 aromatic rings. The quantitative estimate of drug-likeness (QED) is 0.831. The molecule has 5 nitrogen and oxygen atoms in total. The summed E-state index contributed by atoms with van der Waals surface area (Å²) in [6.45, 7) is 0.758. The second-order valence-corrected chi connectivity index (χ2v) is 5.55. The predicted octanol–water partition coefficient (Wildman–Crippen LogP) is 2.36. The van der Waals surface area contributed by atoms with E-state index >= 15 is 0 Å². The maximum atomic E-state index is 11.5. The van der Waals surface area contributed by atoms with Gasteiger partial charge in [0.1, 0.15) is 0 Å². The molecule has 2 heterocycles. The van der Waals surface area contributed by atoms with Crippen molar-refractivity contribution in [3.05, 3.63) is 27.5 Å². The molecule has 0 saturated heterocycles. The van der Waals surface area contributed by atoms with Crippen LogP contribution in [0.3, 0.4) is 0 Å². The van der Waals surface area contributed by atoms with Crippen molar-refractivity contribution in [1.82, 2.24) is 14.8 Å². The number of nitrogens with one attached hydrogen (secondary N) is 1. The van der Waals surface area contributed by atoms with Crippen LogP contribution in [0, 0.1) is 3.57 Å². The van der Waals surface area contributed by atoms with Crippen molar-refractivity contribution in [2.75, 3.05) is 5.32 Å². The van der Waals surface area contributed by atoms with E-state index < -0.39 is 0 Å². The van der Waals surface area contributed by atoms with E-state index in [0.717, 1.165) is 16.5 Å². The van der Waals surface area contributed by atoms with Crippen molar-refractivity contribution >= 4 is 45.0 Å². The lowest BCUT2D eigenvalue weighted by atomic mass is 10.3. The Labute approximate surface area is 116 Å². The van der Waals surface area contributed by atoms with Crippen molar-refractivity contribution in [3.8, 4) is 0 Å². The second kappa shape index (κ2) is 6.10. The first-order valence-electron chi connectivity index (χ1n) is 5.11. The number of carbonyl (C=O) groups is 1. The van der Waals surface area contributed by atoms with Gasteiger partial charge >= 0.3 is 0 Å². The van der Waals surface area contributed by atoms with Crippen molar-refractivity contribution in [3.63, 3.8) is 0 Å².